The van der Waals surface area contributed by atoms with E-state index >= 15 is 0 Å². The third kappa shape index (κ3) is 2.79. The average Bonchev–Trinajstić information content (AvgIpc) is 2.10. The Bertz CT molecular complexity index is 274. The molecule has 0 radical (unpaired) electrons. The van der Waals surface area contributed by atoms with Crippen LogP contribution in [0, 0.1) is 5.82 Å². The lowest BCUT2D eigenvalue weighted by molar-refractivity contribution is 0.168. The maximum Gasteiger partial charge on any atom is 0.123 e. The van der Waals surface area contributed by atoms with Gasteiger partial charge in [-0.2, -0.15) is 0 Å². The molecule has 72 valence electrons. The van der Waals surface area contributed by atoms with Crippen LogP contribution < -0.4 is 0 Å². The maximum atomic E-state index is 12.8. The first kappa shape index (κ1) is 10.2. The average molecular weight is 184 g/mol. The van der Waals surface area contributed by atoms with Gasteiger partial charge in [0.25, 0.3) is 0 Å². The van der Waals surface area contributed by atoms with Crippen LogP contribution >= 0.6 is 0 Å². The Kier molecular flexibility index (Phi) is 3.86. The smallest absolute Gasteiger partial charge is 0.123 e. The molecule has 0 aliphatic heterocycles. The van der Waals surface area contributed by atoms with Crippen molar-refractivity contribution in [3.05, 3.63) is 35.1 Å². The van der Waals surface area contributed by atoms with E-state index < -0.39 is 0 Å². The molecule has 0 N–H and O–H groups in total. The molecule has 0 unspecified atom stereocenters. The van der Waals surface area contributed by atoms with Gasteiger partial charge in [0.2, 0.25) is 0 Å². The van der Waals surface area contributed by atoms with E-state index in [1.807, 2.05) is 0 Å². The Balaban J connectivity index is 2.89. The first-order chi connectivity index (χ1) is 6.27. The van der Waals surface area contributed by atoms with Crippen molar-refractivity contribution in [2.75, 3.05) is 14.2 Å². The SMILES string of the molecule is COCc1ccc(F)cc1COC. The van der Waals surface area contributed by atoms with E-state index in [4.69, 9.17) is 9.47 Å². The number of ether oxygens (including phenoxy) is 2. The number of benzene rings is 1. The highest BCUT2D eigenvalue weighted by molar-refractivity contribution is 5.26. The zero-order valence-electron chi connectivity index (χ0n) is 7.84. The highest BCUT2D eigenvalue weighted by Gasteiger charge is 2.03. The van der Waals surface area contributed by atoms with Crippen molar-refractivity contribution in [1.29, 1.82) is 0 Å². The van der Waals surface area contributed by atoms with E-state index in [0.29, 0.717) is 13.2 Å². The van der Waals surface area contributed by atoms with Gasteiger partial charge in [0.05, 0.1) is 13.2 Å². The van der Waals surface area contributed by atoms with E-state index in [0.717, 1.165) is 11.1 Å². The van der Waals surface area contributed by atoms with Crippen molar-refractivity contribution < 1.29 is 13.9 Å². The van der Waals surface area contributed by atoms with Crippen LogP contribution in [0.3, 0.4) is 0 Å². The molecule has 2 nitrogen and oxygen atoms in total. The zero-order chi connectivity index (χ0) is 9.68. The molecular formula is C10H13FO2. The Morgan fingerprint density at radius 1 is 1.08 bits per heavy atom. The molecule has 0 atom stereocenters. The fourth-order valence-electron chi connectivity index (χ4n) is 1.18. The molecule has 0 heterocycles. The fourth-order valence-corrected chi connectivity index (χ4v) is 1.18. The molecule has 0 aliphatic rings. The van der Waals surface area contributed by atoms with Crippen LogP contribution in [0.4, 0.5) is 4.39 Å². The number of halogens is 1. The fraction of sp³-hybridized carbons (Fsp3) is 0.400. The predicted molar refractivity (Wildman–Crippen MR) is 47.8 cm³/mol. The van der Waals surface area contributed by atoms with Gasteiger partial charge in [0.15, 0.2) is 0 Å². The summed E-state index contributed by atoms with van der Waals surface area (Å²) < 4.78 is 22.7. The summed E-state index contributed by atoms with van der Waals surface area (Å²) in [5.41, 5.74) is 1.80. The van der Waals surface area contributed by atoms with E-state index in [1.165, 1.54) is 12.1 Å². The zero-order valence-corrected chi connectivity index (χ0v) is 7.84. The van der Waals surface area contributed by atoms with E-state index in [9.17, 15) is 4.39 Å². The molecule has 0 spiro atoms. The first-order valence-corrected chi connectivity index (χ1v) is 4.03. The molecule has 0 saturated heterocycles. The second-order valence-electron chi connectivity index (χ2n) is 2.78. The minimum atomic E-state index is -0.244. The first-order valence-electron chi connectivity index (χ1n) is 4.03. The summed E-state index contributed by atoms with van der Waals surface area (Å²) >= 11 is 0. The largest absolute Gasteiger partial charge is 0.380 e. The Morgan fingerprint density at radius 2 is 1.69 bits per heavy atom. The van der Waals surface area contributed by atoms with Crippen LogP contribution in [-0.2, 0) is 22.7 Å². The van der Waals surface area contributed by atoms with Gasteiger partial charge in [-0.15, -0.1) is 0 Å². The van der Waals surface area contributed by atoms with Crippen LogP contribution in [-0.4, -0.2) is 14.2 Å². The lowest BCUT2D eigenvalue weighted by atomic mass is 10.1. The predicted octanol–water partition coefficient (Wildman–Crippen LogP) is 2.12. The summed E-state index contributed by atoms with van der Waals surface area (Å²) in [6.07, 6.45) is 0. The quantitative estimate of drug-likeness (QED) is 0.713. The lowest BCUT2D eigenvalue weighted by Crippen LogP contribution is -1.98. The summed E-state index contributed by atoms with van der Waals surface area (Å²) in [6.45, 7) is 0.898. The van der Waals surface area contributed by atoms with Gasteiger partial charge >= 0.3 is 0 Å². The standard InChI is InChI=1S/C10H13FO2/c1-12-6-8-3-4-10(11)5-9(8)7-13-2/h3-5H,6-7H2,1-2H3. The third-order valence-electron chi connectivity index (χ3n) is 1.77. The summed E-state index contributed by atoms with van der Waals surface area (Å²) in [7, 11) is 3.20. The third-order valence-corrected chi connectivity index (χ3v) is 1.77. The Hall–Kier alpha value is -0.930. The summed E-state index contributed by atoms with van der Waals surface area (Å²) in [4.78, 5) is 0. The molecule has 1 aromatic rings. The summed E-state index contributed by atoms with van der Waals surface area (Å²) in [5, 5.41) is 0. The number of methoxy groups -OCH3 is 2. The Morgan fingerprint density at radius 3 is 2.31 bits per heavy atom. The number of hydrogen-bond donors (Lipinski definition) is 0. The summed E-state index contributed by atoms with van der Waals surface area (Å²) in [5.74, 6) is -0.244. The molecule has 0 amide bonds. The normalized spacial score (nSPS) is 10.4. The van der Waals surface area contributed by atoms with E-state index in [1.54, 1.807) is 20.3 Å². The van der Waals surface area contributed by atoms with Gasteiger partial charge in [-0.3, -0.25) is 0 Å². The van der Waals surface area contributed by atoms with Crippen molar-refractivity contribution >= 4 is 0 Å². The molecule has 0 aliphatic carbocycles. The second kappa shape index (κ2) is 4.94. The van der Waals surface area contributed by atoms with Crippen molar-refractivity contribution in [3.63, 3.8) is 0 Å². The van der Waals surface area contributed by atoms with Crippen LogP contribution in [0.2, 0.25) is 0 Å². The summed E-state index contributed by atoms with van der Waals surface area (Å²) in [6, 6.07) is 4.61. The highest BCUT2D eigenvalue weighted by Crippen LogP contribution is 2.13. The maximum absolute atomic E-state index is 12.8. The van der Waals surface area contributed by atoms with E-state index in [2.05, 4.69) is 0 Å². The van der Waals surface area contributed by atoms with Crippen molar-refractivity contribution in [1.82, 2.24) is 0 Å². The van der Waals surface area contributed by atoms with Crippen molar-refractivity contribution in [3.8, 4) is 0 Å². The van der Waals surface area contributed by atoms with Gasteiger partial charge in [-0.05, 0) is 23.3 Å². The topological polar surface area (TPSA) is 18.5 Å². The highest BCUT2D eigenvalue weighted by atomic mass is 19.1. The van der Waals surface area contributed by atoms with Crippen LogP contribution in [0.15, 0.2) is 18.2 Å². The number of hydrogen-bond acceptors (Lipinski definition) is 2. The monoisotopic (exact) mass is 184 g/mol. The van der Waals surface area contributed by atoms with Crippen molar-refractivity contribution in [2.24, 2.45) is 0 Å². The van der Waals surface area contributed by atoms with E-state index in [-0.39, 0.29) is 5.82 Å². The van der Waals surface area contributed by atoms with Gasteiger partial charge in [0.1, 0.15) is 5.82 Å². The van der Waals surface area contributed by atoms with Crippen LogP contribution in [0.5, 0.6) is 0 Å². The van der Waals surface area contributed by atoms with Gasteiger partial charge in [-0.25, -0.2) is 4.39 Å². The molecule has 13 heavy (non-hydrogen) atoms. The minimum Gasteiger partial charge on any atom is -0.380 e. The molecule has 3 heteroatoms. The van der Waals surface area contributed by atoms with Gasteiger partial charge in [-0.1, -0.05) is 6.07 Å². The van der Waals surface area contributed by atoms with Crippen LogP contribution in [0.1, 0.15) is 11.1 Å². The van der Waals surface area contributed by atoms with Crippen LogP contribution in [0.25, 0.3) is 0 Å². The number of rotatable bonds is 4. The molecule has 0 saturated carbocycles. The lowest BCUT2D eigenvalue weighted by Gasteiger charge is -2.07. The molecule has 1 aromatic carbocycles. The van der Waals surface area contributed by atoms with Gasteiger partial charge in [0, 0.05) is 14.2 Å². The van der Waals surface area contributed by atoms with Crippen molar-refractivity contribution in [2.45, 2.75) is 13.2 Å². The molecule has 0 aromatic heterocycles. The molecular weight excluding hydrogens is 171 g/mol. The Labute approximate surface area is 77.3 Å². The second-order valence-corrected chi connectivity index (χ2v) is 2.78. The molecule has 1 rings (SSSR count). The molecule has 0 bridgehead atoms. The minimum absolute atomic E-state index is 0.244. The van der Waals surface area contributed by atoms with Gasteiger partial charge < -0.3 is 9.47 Å². The molecule has 0 fully saturated rings.